The van der Waals surface area contributed by atoms with Gasteiger partial charge in [-0.15, -0.1) is 0 Å². The summed E-state index contributed by atoms with van der Waals surface area (Å²) < 4.78 is 29.6. The smallest absolute Gasteiger partial charge is 0.372 e. The minimum atomic E-state index is -0.939. The van der Waals surface area contributed by atoms with Crippen molar-refractivity contribution < 1.29 is 18.2 Å². The van der Waals surface area contributed by atoms with Gasteiger partial charge in [0.15, 0.2) is 0 Å². The highest BCUT2D eigenvalue weighted by Gasteiger charge is 2.28. The lowest BCUT2D eigenvalue weighted by molar-refractivity contribution is 0.0144. The molecule has 0 saturated carbocycles. The van der Waals surface area contributed by atoms with Gasteiger partial charge in [0.25, 0.3) is 0 Å². The average Bonchev–Trinajstić information content (AvgIpc) is 2.88. The first kappa shape index (κ1) is 20.1. The van der Waals surface area contributed by atoms with E-state index in [4.69, 9.17) is 20.9 Å². The molecule has 1 aliphatic heterocycles. The first-order valence-corrected chi connectivity index (χ1v) is 8.77. The Morgan fingerprint density at radius 1 is 1.18 bits per heavy atom. The first-order chi connectivity index (χ1) is 13.4. The zero-order valence-electron chi connectivity index (χ0n) is 14.5. The highest BCUT2D eigenvalue weighted by molar-refractivity contribution is 6.30. The van der Waals surface area contributed by atoms with Crippen molar-refractivity contribution in [1.82, 2.24) is 15.2 Å². The average molecular weight is 414 g/mol. The van der Waals surface area contributed by atoms with E-state index in [0.29, 0.717) is 25.3 Å². The van der Waals surface area contributed by atoms with E-state index >= 15 is 0 Å². The van der Waals surface area contributed by atoms with Crippen molar-refractivity contribution in [2.75, 3.05) is 19.7 Å². The van der Waals surface area contributed by atoms with Crippen LogP contribution in [0.1, 0.15) is 11.7 Å². The zero-order chi connectivity index (χ0) is 20.1. The van der Waals surface area contributed by atoms with Crippen molar-refractivity contribution in [3.8, 4) is 0 Å². The Balaban J connectivity index is 2.01. The monoisotopic (exact) mass is 413 g/mol. The van der Waals surface area contributed by atoms with E-state index in [-0.39, 0.29) is 17.5 Å². The molecule has 28 heavy (non-hydrogen) atoms. The predicted octanol–water partition coefficient (Wildman–Crippen LogP) is 0.977. The van der Waals surface area contributed by atoms with Gasteiger partial charge in [0.05, 0.1) is 24.3 Å². The molecule has 0 amide bonds. The van der Waals surface area contributed by atoms with E-state index < -0.39 is 28.9 Å². The number of aromatic amines is 1. The van der Waals surface area contributed by atoms with Crippen LogP contribution in [0.2, 0.25) is 5.02 Å². The molecule has 2 heterocycles. The van der Waals surface area contributed by atoms with Gasteiger partial charge in [0.2, 0.25) is 0 Å². The minimum Gasteiger partial charge on any atom is -0.372 e. The van der Waals surface area contributed by atoms with Crippen molar-refractivity contribution in [1.29, 1.82) is 0 Å². The lowest BCUT2D eigenvalue weighted by Crippen LogP contribution is -2.33. The molecule has 3 rings (SSSR count). The number of nitrogens with one attached hydrogen (secondary N) is 2. The molecular formula is C17H17ClFN3O6. The standard InChI is InChI=1S/C17H17ClFN3O6/c18-12-7-10(1-2-13(12)19)16-11(8-20-5-6-26-16)9-22-17(25)21-27-14(23)3-4-15(24)28-22/h1-4,7,11,16,20H,5-6,8-9H2,(H,21,25)/t11-,16-/m1/s1. The topological polar surface area (TPSA) is 119 Å². The predicted molar refractivity (Wildman–Crippen MR) is 96.2 cm³/mol. The van der Waals surface area contributed by atoms with Gasteiger partial charge >= 0.3 is 16.9 Å². The van der Waals surface area contributed by atoms with Gasteiger partial charge in [-0.25, -0.2) is 18.8 Å². The summed E-state index contributed by atoms with van der Waals surface area (Å²) in [5.41, 5.74) is -2.17. The largest absolute Gasteiger partial charge is 0.383 e. The lowest BCUT2D eigenvalue weighted by Gasteiger charge is -2.25. The molecule has 0 spiro atoms. The van der Waals surface area contributed by atoms with Crippen LogP contribution in [0.15, 0.2) is 53.8 Å². The highest BCUT2D eigenvalue weighted by atomic mass is 35.5. The Morgan fingerprint density at radius 3 is 2.75 bits per heavy atom. The van der Waals surface area contributed by atoms with Crippen LogP contribution < -0.4 is 22.3 Å². The normalized spacial score (nSPS) is 19.6. The van der Waals surface area contributed by atoms with Crippen molar-refractivity contribution in [2.24, 2.45) is 5.92 Å². The van der Waals surface area contributed by atoms with Gasteiger partial charge in [0.1, 0.15) is 5.82 Å². The number of halogens is 2. The number of ether oxygens (including phenoxy) is 1. The maximum absolute atomic E-state index is 13.5. The van der Waals surface area contributed by atoms with Gasteiger partial charge in [-0.3, -0.25) is 0 Å². The summed E-state index contributed by atoms with van der Waals surface area (Å²) in [4.78, 5) is 35.3. The molecule has 1 aromatic heterocycles. The maximum Gasteiger partial charge on any atom is 0.383 e. The van der Waals surface area contributed by atoms with Crippen LogP contribution in [0.3, 0.4) is 0 Å². The van der Waals surface area contributed by atoms with E-state index in [0.717, 1.165) is 16.9 Å². The summed E-state index contributed by atoms with van der Waals surface area (Å²) >= 11 is 5.88. The molecule has 1 aromatic carbocycles. The summed E-state index contributed by atoms with van der Waals surface area (Å²) in [5.74, 6) is -0.946. The fraction of sp³-hybridized carbons (Fsp3) is 0.353. The second-order valence-corrected chi connectivity index (χ2v) is 6.47. The number of nitrogens with zero attached hydrogens (tertiary/aromatic N) is 1. The van der Waals surface area contributed by atoms with Gasteiger partial charge in [-0.1, -0.05) is 17.7 Å². The van der Waals surface area contributed by atoms with Crippen LogP contribution >= 0.6 is 11.6 Å². The number of aromatic nitrogens is 2. The van der Waals surface area contributed by atoms with Crippen LogP contribution in [-0.2, 0) is 11.3 Å². The Labute approximate surface area is 161 Å². The molecule has 0 unspecified atom stereocenters. The molecular weight excluding hydrogens is 397 g/mol. The third-order valence-electron chi connectivity index (χ3n) is 4.10. The fourth-order valence-corrected chi connectivity index (χ4v) is 3.02. The minimum absolute atomic E-state index is 0.0546. The van der Waals surface area contributed by atoms with E-state index in [1.54, 1.807) is 6.07 Å². The Morgan fingerprint density at radius 2 is 1.96 bits per heavy atom. The van der Waals surface area contributed by atoms with Crippen LogP contribution in [0.4, 0.5) is 4.39 Å². The summed E-state index contributed by atoms with van der Waals surface area (Å²) in [6.45, 7) is 1.27. The summed E-state index contributed by atoms with van der Waals surface area (Å²) in [5, 5.41) is 5.00. The molecule has 0 radical (unpaired) electrons. The van der Waals surface area contributed by atoms with Gasteiger partial charge in [-0.05, 0) is 17.7 Å². The number of hydrogen-bond acceptors (Lipinski definition) is 7. The van der Waals surface area contributed by atoms with Crippen molar-refractivity contribution in [3.63, 3.8) is 0 Å². The summed E-state index contributed by atoms with van der Waals surface area (Å²) in [7, 11) is 0. The molecule has 150 valence electrons. The Kier molecular flexibility index (Phi) is 6.45. The number of benzene rings is 1. The number of H-pyrrole nitrogens is 1. The highest BCUT2D eigenvalue weighted by Crippen LogP contribution is 2.30. The second-order valence-electron chi connectivity index (χ2n) is 6.06. The maximum atomic E-state index is 13.5. The Bertz CT molecular complexity index is 1060. The summed E-state index contributed by atoms with van der Waals surface area (Å²) in [6, 6.07) is 5.89. The van der Waals surface area contributed by atoms with Crippen LogP contribution in [0, 0.1) is 11.7 Å². The second kappa shape index (κ2) is 9.00. The zero-order valence-corrected chi connectivity index (χ0v) is 15.3. The number of rotatable bonds is 3. The van der Waals surface area contributed by atoms with Gasteiger partial charge in [0, 0.05) is 31.1 Å². The molecule has 1 aliphatic rings. The molecule has 2 aromatic rings. The molecule has 9 nitrogen and oxygen atoms in total. The molecule has 1 saturated heterocycles. The van der Waals surface area contributed by atoms with E-state index in [1.165, 1.54) is 12.1 Å². The molecule has 2 N–H and O–H groups in total. The lowest BCUT2D eigenvalue weighted by atomic mass is 9.95. The molecule has 2 atom stereocenters. The van der Waals surface area contributed by atoms with Crippen molar-refractivity contribution >= 4 is 11.6 Å². The number of hydrogen-bond donors (Lipinski definition) is 2. The molecule has 11 heteroatoms. The quantitative estimate of drug-likeness (QED) is 0.769. The third kappa shape index (κ3) is 4.97. The van der Waals surface area contributed by atoms with E-state index in [2.05, 4.69) is 9.84 Å². The molecule has 1 fully saturated rings. The van der Waals surface area contributed by atoms with E-state index in [1.807, 2.05) is 5.16 Å². The van der Waals surface area contributed by atoms with Crippen LogP contribution in [-0.4, -0.2) is 29.6 Å². The van der Waals surface area contributed by atoms with Crippen molar-refractivity contribution in [3.05, 3.63) is 78.1 Å². The SMILES string of the molecule is O=c1ccc(=O)on(C[C@H]2CNCCO[C@@H]2c2ccc(F)c(Cl)c2)c(=O)[nH]o1. The van der Waals surface area contributed by atoms with Crippen molar-refractivity contribution in [2.45, 2.75) is 12.6 Å². The van der Waals surface area contributed by atoms with Crippen LogP contribution in [0.5, 0.6) is 0 Å². The van der Waals surface area contributed by atoms with Gasteiger partial charge in [-0.2, -0.15) is 9.90 Å². The van der Waals surface area contributed by atoms with Gasteiger partial charge < -0.3 is 19.1 Å². The Hall–Kier alpha value is -2.69. The summed E-state index contributed by atoms with van der Waals surface area (Å²) in [6.07, 6.45) is -0.551. The fourth-order valence-electron chi connectivity index (χ4n) is 2.84. The first-order valence-electron chi connectivity index (χ1n) is 8.39. The molecule has 0 aliphatic carbocycles. The van der Waals surface area contributed by atoms with E-state index in [9.17, 15) is 18.8 Å². The molecule has 0 bridgehead atoms. The third-order valence-corrected chi connectivity index (χ3v) is 4.39. The van der Waals surface area contributed by atoms with Crippen LogP contribution in [0.25, 0.3) is 0 Å².